The summed E-state index contributed by atoms with van der Waals surface area (Å²) in [5.41, 5.74) is 1.76. The van der Waals surface area contributed by atoms with Crippen LogP contribution in [0, 0.1) is 6.92 Å². The van der Waals surface area contributed by atoms with Gasteiger partial charge < -0.3 is 20.1 Å². The molecule has 0 aliphatic carbocycles. The topological polar surface area (TPSA) is 84.8 Å². The smallest absolute Gasteiger partial charge is 0.350 e. The maximum atomic E-state index is 12.0. The second-order valence-electron chi connectivity index (χ2n) is 5.83. The predicted octanol–water partition coefficient (Wildman–Crippen LogP) is 3.06. The van der Waals surface area contributed by atoms with Gasteiger partial charge in [-0.25, -0.2) is 9.78 Å². The lowest BCUT2D eigenvalue weighted by Gasteiger charge is -2.16. The quantitative estimate of drug-likeness (QED) is 0.429. The van der Waals surface area contributed by atoms with Crippen molar-refractivity contribution in [3.63, 3.8) is 0 Å². The molecular formula is C19H26N4O3S. The number of guanidine groups is 1. The first-order chi connectivity index (χ1) is 13.0. The highest BCUT2D eigenvalue weighted by Gasteiger charge is 2.20. The van der Waals surface area contributed by atoms with Crippen LogP contribution in [0.25, 0.3) is 0 Å². The number of esters is 1. The third kappa shape index (κ3) is 5.68. The Labute approximate surface area is 163 Å². The first kappa shape index (κ1) is 20.7. The van der Waals surface area contributed by atoms with Crippen LogP contribution >= 0.6 is 11.3 Å². The van der Waals surface area contributed by atoms with Crippen LogP contribution in [0.1, 0.15) is 45.8 Å². The second-order valence-corrected chi connectivity index (χ2v) is 6.86. The minimum Gasteiger partial charge on any atom is -0.497 e. The Morgan fingerprint density at radius 3 is 2.85 bits per heavy atom. The first-order valence-corrected chi connectivity index (χ1v) is 9.54. The van der Waals surface area contributed by atoms with Crippen LogP contribution in [-0.2, 0) is 11.3 Å². The zero-order valence-electron chi connectivity index (χ0n) is 16.3. The normalized spacial score (nSPS) is 12.4. The molecule has 1 aromatic carbocycles. The minimum absolute atomic E-state index is 0.103. The third-order valence-electron chi connectivity index (χ3n) is 3.82. The largest absolute Gasteiger partial charge is 0.497 e. The summed E-state index contributed by atoms with van der Waals surface area (Å²) in [5.74, 6) is 1.14. The standard InChI is InChI=1S/C19H26N4O3S/c1-6-26-18(24)16-12(2)22-17(27-16)13(3)23-19(20-4)21-11-14-8-7-9-15(10-14)25-5/h7-10,13H,6,11H2,1-5H3,(H2,20,21,23). The van der Waals surface area contributed by atoms with Crippen LogP contribution in [-0.4, -0.2) is 37.7 Å². The van der Waals surface area contributed by atoms with Gasteiger partial charge in [0.05, 0.1) is 25.5 Å². The van der Waals surface area contributed by atoms with Crippen LogP contribution in [0.3, 0.4) is 0 Å². The molecule has 0 bridgehead atoms. The van der Waals surface area contributed by atoms with E-state index in [2.05, 4.69) is 20.6 Å². The zero-order valence-corrected chi connectivity index (χ0v) is 17.1. The van der Waals surface area contributed by atoms with Crippen molar-refractivity contribution in [3.05, 3.63) is 45.4 Å². The molecule has 0 saturated carbocycles. The average molecular weight is 391 g/mol. The van der Waals surface area contributed by atoms with Crippen molar-refractivity contribution < 1.29 is 14.3 Å². The highest BCUT2D eigenvalue weighted by atomic mass is 32.1. The summed E-state index contributed by atoms with van der Waals surface area (Å²) in [6, 6.07) is 7.74. The number of benzene rings is 1. The van der Waals surface area contributed by atoms with E-state index < -0.39 is 0 Å². The van der Waals surface area contributed by atoms with Gasteiger partial charge in [0.15, 0.2) is 5.96 Å². The fourth-order valence-electron chi connectivity index (χ4n) is 2.42. The van der Waals surface area contributed by atoms with Crippen molar-refractivity contribution in [1.29, 1.82) is 0 Å². The van der Waals surface area contributed by atoms with Gasteiger partial charge in [-0.1, -0.05) is 12.1 Å². The van der Waals surface area contributed by atoms with Crippen LogP contribution in [0.15, 0.2) is 29.3 Å². The molecule has 2 aromatic rings. The van der Waals surface area contributed by atoms with Gasteiger partial charge in [0.25, 0.3) is 0 Å². The van der Waals surface area contributed by atoms with Crippen LogP contribution in [0.5, 0.6) is 5.75 Å². The number of aromatic nitrogens is 1. The fraction of sp³-hybridized carbons (Fsp3) is 0.421. The number of nitrogens with one attached hydrogen (secondary N) is 2. The summed E-state index contributed by atoms with van der Waals surface area (Å²) in [6.07, 6.45) is 0. The maximum Gasteiger partial charge on any atom is 0.350 e. The molecule has 0 aliphatic heterocycles. The van der Waals surface area contributed by atoms with E-state index in [9.17, 15) is 4.79 Å². The van der Waals surface area contributed by atoms with Crippen LogP contribution in [0.2, 0.25) is 0 Å². The van der Waals surface area contributed by atoms with Crippen molar-refractivity contribution in [2.24, 2.45) is 4.99 Å². The van der Waals surface area contributed by atoms with Crippen molar-refractivity contribution in [1.82, 2.24) is 15.6 Å². The minimum atomic E-state index is -0.327. The van der Waals surface area contributed by atoms with E-state index in [1.165, 1.54) is 11.3 Å². The van der Waals surface area contributed by atoms with E-state index in [0.29, 0.717) is 29.7 Å². The summed E-state index contributed by atoms with van der Waals surface area (Å²) in [4.78, 5) is 21.3. The number of methoxy groups -OCH3 is 1. The van der Waals surface area contributed by atoms with E-state index in [4.69, 9.17) is 9.47 Å². The van der Waals surface area contributed by atoms with E-state index in [1.807, 2.05) is 38.1 Å². The summed E-state index contributed by atoms with van der Waals surface area (Å²) in [5, 5.41) is 7.37. The lowest BCUT2D eigenvalue weighted by molar-refractivity contribution is 0.0531. The van der Waals surface area contributed by atoms with Gasteiger partial charge in [0.1, 0.15) is 15.6 Å². The van der Waals surface area contributed by atoms with Gasteiger partial charge in [-0.05, 0) is 38.5 Å². The van der Waals surface area contributed by atoms with Crippen LogP contribution in [0.4, 0.5) is 0 Å². The Hall–Kier alpha value is -2.61. The fourth-order valence-corrected chi connectivity index (χ4v) is 3.38. The van der Waals surface area contributed by atoms with Crippen molar-refractivity contribution in [2.45, 2.75) is 33.4 Å². The molecule has 0 amide bonds. The lowest BCUT2D eigenvalue weighted by Crippen LogP contribution is -2.38. The molecule has 0 radical (unpaired) electrons. The number of carbonyl (C=O) groups is 1. The Bertz CT molecular complexity index is 804. The molecule has 0 spiro atoms. The van der Waals surface area contributed by atoms with E-state index in [-0.39, 0.29) is 12.0 Å². The number of hydrogen-bond acceptors (Lipinski definition) is 6. The Balaban J connectivity index is 1.99. The van der Waals surface area contributed by atoms with Crippen molar-refractivity contribution >= 4 is 23.3 Å². The summed E-state index contributed by atoms with van der Waals surface area (Å²) >= 11 is 1.34. The molecule has 0 fully saturated rings. The molecule has 1 atom stereocenters. The lowest BCUT2D eigenvalue weighted by atomic mass is 10.2. The molecule has 2 N–H and O–H groups in total. The summed E-state index contributed by atoms with van der Waals surface area (Å²) in [7, 11) is 3.36. The SMILES string of the molecule is CCOC(=O)c1sc(C(C)NC(=NC)NCc2cccc(OC)c2)nc1C. The average Bonchev–Trinajstić information content (AvgIpc) is 3.07. The molecule has 1 aromatic heterocycles. The molecule has 1 heterocycles. The number of thiazole rings is 1. The molecular weight excluding hydrogens is 364 g/mol. The number of nitrogens with zero attached hydrogens (tertiary/aromatic N) is 2. The molecule has 146 valence electrons. The molecule has 7 nitrogen and oxygen atoms in total. The van der Waals surface area contributed by atoms with Gasteiger partial charge in [0.2, 0.25) is 0 Å². The Morgan fingerprint density at radius 1 is 1.41 bits per heavy atom. The Morgan fingerprint density at radius 2 is 2.19 bits per heavy atom. The summed E-state index contributed by atoms with van der Waals surface area (Å²) < 4.78 is 10.3. The number of carbonyl (C=O) groups excluding carboxylic acids is 1. The Kier molecular flexibility index (Phi) is 7.60. The number of aryl methyl sites for hydroxylation is 1. The summed E-state index contributed by atoms with van der Waals surface area (Å²) in [6.45, 7) is 6.53. The highest BCUT2D eigenvalue weighted by molar-refractivity contribution is 7.13. The van der Waals surface area contributed by atoms with E-state index in [0.717, 1.165) is 16.3 Å². The van der Waals surface area contributed by atoms with Crippen LogP contribution < -0.4 is 15.4 Å². The molecule has 0 aliphatic rings. The monoisotopic (exact) mass is 390 g/mol. The van der Waals surface area contributed by atoms with Crippen molar-refractivity contribution in [2.75, 3.05) is 20.8 Å². The van der Waals surface area contributed by atoms with Crippen molar-refractivity contribution in [3.8, 4) is 5.75 Å². The van der Waals surface area contributed by atoms with Gasteiger partial charge in [0, 0.05) is 13.6 Å². The first-order valence-electron chi connectivity index (χ1n) is 8.73. The molecule has 8 heteroatoms. The van der Waals surface area contributed by atoms with Gasteiger partial charge in [-0.2, -0.15) is 0 Å². The van der Waals surface area contributed by atoms with Gasteiger partial charge in [-0.15, -0.1) is 11.3 Å². The molecule has 2 rings (SSSR count). The molecule has 1 unspecified atom stereocenters. The number of ether oxygens (including phenoxy) is 2. The number of hydrogen-bond donors (Lipinski definition) is 2. The third-order valence-corrected chi connectivity index (χ3v) is 5.14. The molecule has 27 heavy (non-hydrogen) atoms. The number of aliphatic imine (C=N–C) groups is 1. The zero-order chi connectivity index (χ0) is 19.8. The van der Waals surface area contributed by atoms with Gasteiger partial charge >= 0.3 is 5.97 Å². The number of rotatable bonds is 7. The predicted molar refractivity (Wildman–Crippen MR) is 108 cm³/mol. The van der Waals surface area contributed by atoms with E-state index >= 15 is 0 Å². The van der Waals surface area contributed by atoms with E-state index in [1.54, 1.807) is 21.1 Å². The highest BCUT2D eigenvalue weighted by Crippen LogP contribution is 2.24. The molecule has 0 saturated heterocycles. The van der Waals surface area contributed by atoms with Gasteiger partial charge in [-0.3, -0.25) is 4.99 Å². The second kappa shape index (κ2) is 9.91. The maximum absolute atomic E-state index is 12.0.